The van der Waals surface area contributed by atoms with Gasteiger partial charge in [-0.25, -0.2) is 9.97 Å². The van der Waals surface area contributed by atoms with E-state index in [1.165, 1.54) is 6.34 Å². The van der Waals surface area contributed by atoms with Crippen LogP contribution in [0.5, 0.6) is 11.6 Å². The largest absolute Gasteiger partial charge is 0.487 e. The number of aromatic nitrogens is 4. The molecule has 2 aromatic heterocycles. The maximum Gasteiger partial charge on any atom is 0.257 e. The minimum atomic E-state index is -1.01. The molecule has 1 aliphatic heterocycles. The highest BCUT2D eigenvalue weighted by Gasteiger charge is 2.29. The number of nitrogens with zero attached hydrogens (tertiary/aromatic N) is 6. The molecule has 1 atom stereocenters. The lowest BCUT2D eigenvalue weighted by atomic mass is 9.90. The average molecular weight is 627 g/mol. The van der Waals surface area contributed by atoms with E-state index < -0.39 is 5.60 Å². The van der Waals surface area contributed by atoms with Crippen molar-refractivity contribution in [1.29, 1.82) is 0 Å². The summed E-state index contributed by atoms with van der Waals surface area (Å²) in [6.07, 6.45) is 10.8. The fourth-order valence-corrected chi connectivity index (χ4v) is 5.69. The lowest BCUT2D eigenvalue weighted by Gasteiger charge is -2.38. The molecule has 2 aliphatic rings. The first-order valence-electron chi connectivity index (χ1n) is 15.2. The second-order valence-corrected chi connectivity index (χ2v) is 12.5. The van der Waals surface area contributed by atoms with Crippen LogP contribution in [0.15, 0.2) is 41.8 Å². The number of anilines is 2. The summed E-state index contributed by atoms with van der Waals surface area (Å²) in [5.41, 5.74) is 6.65. The molecule has 2 fully saturated rings. The minimum Gasteiger partial charge on any atom is -0.487 e. The van der Waals surface area contributed by atoms with E-state index in [0.717, 1.165) is 63.1 Å². The van der Waals surface area contributed by atoms with Crippen molar-refractivity contribution in [3.63, 3.8) is 0 Å². The van der Waals surface area contributed by atoms with Crippen LogP contribution in [-0.2, 0) is 4.74 Å². The van der Waals surface area contributed by atoms with E-state index in [1.807, 2.05) is 29.9 Å². The molecule has 5 rings (SSSR count). The Kier molecular flexibility index (Phi) is 10.6. The van der Waals surface area contributed by atoms with Crippen LogP contribution in [0.3, 0.4) is 0 Å². The lowest BCUT2D eigenvalue weighted by Crippen LogP contribution is -2.45. The van der Waals surface area contributed by atoms with Gasteiger partial charge in [-0.1, -0.05) is 17.7 Å². The molecular weight excluding hydrogens is 584 g/mol. The Morgan fingerprint density at radius 2 is 1.86 bits per heavy atom. The van der Waals surface area contributed by atoms with Crippen molar-refractivity contribution >= 4 is 29.6 Å². The summed E-state index contributed by atoms with van der Waals surface area (Å²) >= 11 is 6.38. The molecule has 1 saturated heterocycles. The van der Waals surface area contributed by atoms with Crippen LogP contribution in [0.4, 0.5) is 11.6 Å². The first kappa shape index (κ1) is 32.0. The van der Waals surface area contributed by atoms with Crippen LogP contribution < -0.4 is 20.5 Å². The zero-order chi connectivity index (χ0) is 31.1. The van der Waals surface area contributed by atoms with E-state index in [1.54, 1.807) is 32.3 Å². The third-order valence-corrected chi connectivity index (χ3v) is 8.13. The van der Waals surface area contributed by atoms with E-state index >= 15 is 0 Å². The summed E-state index contributed by atoms with van der Waals surface area (Å²) < 4.78 is 19.4. The number of nitrogens with one attached hydrogen (secondary N) is 1. The maximum absolute atomic E-state index is 10.3. The normalized spacial score (nSPS) is 20.5. The van der Waals surface area contributed by atoms with Gasteiger partial charge >= 0.3 is 0 Å². The monoisotopic (exact) mass is 626 g/mol. The van der Waals surface area contributed by atoms with E-state index in [2.05, 4.69) is 25.2 Å². The zero-order valence-corrected chi connectivity index (χ0v) is 26.4. The molecule has 3 aromatic rings. The maximum atomic E-state index is 10.3. The lowest BCUT2D eigenvalue weighted by molar-refractivity contribution is 0.00492. The van der Waals surface area contributed by atoms with Gasteiger partial charge in [-0.3, -0.25) is 14.6 Å². The Bertz CT molecular complexity index is 1380. The van der Waals surface area contributed by atoms with Gasteiger partial charge in [-0.2, -0.15) is 0 Å². The summed E-state index contributed by atoms with van der Waals surface area (Å²) in [5.74, 6) is 1.35. The second-order valence-electron chi connectivity index (χ2n) is 12.0. The molecule has 0 spiro atoms. The number of ether oxygens (including phenoxy) is 3. The molecule has 44 heavy (non-hydrogen) atoms. The van der Waals surface area contributed by atoms with Gasteiger partial charge in [0.15, 0.2) is 0 Å². The van der Waals surface area contributed by atoms with Crippen LogP contribution in [0.25, 0.3) is 11.1 Å². The quantitative estimate of drug-likeness (QED) is 0.195. The molecule has 238 valence electrons. The van der Waals surface area contributed by atoms with E-state index in [0.29, 0.717) is 40.9 Å². The first-order chi connectivity index (χ1) is 21.2. The van der Waals surface area contributed by atoms with Gasteiger partial charge in [0.25, 0.3) is 5.88 Å². The number of rotatable bonds is 12. The van der Waals surface area contributed by atoms with Crippen molar-refractivity contribution < 1.29 is 19.3 Å². The van der Waals surface area contributed by atoms with Gasteiger partial charge in [0.1, 0.15) is 24.1 Å². The van der Waals surface area contributed by atoms with Crippen molar-refractivity contribution in [1.82, 2.24) is 24.6 Å². The first-order valence-corrected chi connectivity index (χ1v) is 15.6. The second kappa shape index (κ2) is 14.6. The van der Waals surface area contributed by atoms with Crippen LogP contribution in [0, 0.1) is 0 Å². The molecule has 0 radical (unpaired) electrons. The highest BCUT2D eigenvalue weighted by Crippen LogP contribution is 2.35. The Morgan fingerprint density at radius 1 is 1.16 bits per heavy atom. The fraction of sp³-hybridized carbons (Fsp3) is 0.548. The number of aliphatic hydroxyl groups is 1. The molecule has 0 amide bonds. The summed E-state index contributed by atoms with van der Waals surface area (Å²) in [6.45, 7) is 9.48. The van der Waals surface area contributed by atoms with Gasteiger partial charge in [-0.15, -0.1) is 5.10 Å². The minimum absolute atomic E-state index is 0.0976. The van der Waals surface area contributed by atoms with Crippen LogP contribution in [0.1, 0.15) is 52.5 Å². The van der Waals surface area contributed by atoms with E-state index in [-0.39, 0.29) is 18.8 Å². The summed E-state index contributed by atoms with van der Waals surface area (Å²) in [5, 5.41) is 18.8. The molecule has 13 heteroatoms. The number of benzene rings is 1. The van der Waals surface area contributed by atoms with E-state index in [4.69, 9.17) is 36.6 Å². The van der Waals surface area contributed by atoms with Gasteiger partial charge in [0.2, 0.25) is 5.95 Å². The number of hydrogen-bond donors (Lipinski definition) is 3. The smallest absolute Gasteiger partial charge is 0.257 e. The van der Waals surface area contributed by atoms with Crippen molar-refractivity contribution in [3.8, 4) is 22.8 Å². The van der Waals surface area contributed by atoms with E-state index in [9.17, 15) is 5.11 Å². The predicted octanol–water partition coefficient (Wildman–Crippen LogP) is 4.46. The topological polar surface area (TPSA) is 145 Å². The summed E-state index contributed by atoms with van der Waals surface area (Å²) in [7, 11) is 0. The van der Waals surface area contributed by atoms with Crippen LogP contribution in [-0.4, -0.2) is 93.3 Å². The molecule has 1 aliphatic carbocycles. The zero-order valence-electron chi connectivity index (χ0n) is 25.7. The number of halogens is 1. The predicted molar refractivity (Wildman–Crippen MR) is 171 cm³/mol. The molecular formula is C31H43ClN8O4. The SMILES string of the molecule is C[C@@H](CN=CN)Oc1cc(-c2cnc(Nc3cn(C4CCC(N5CCOCC5)CC4)nc3OCC(C)(C)O)nc2)ccc1Cl. The van der Waals surface area contributed by atoms with Crippen molar-refractivity contribution in [2.24, 2.45) is 10.7 Å². The number of hydrogen-bond acceptors (Lipinski definition) is 10. The fourth-order valence-electron chi connectivity index (χ4n) is 5.53. The van der Waals surface area contributed by atoms with Gasteiger partial charge in [-0.05, 0) is 64.2 Å². The molecule has 0 unspecified atom stereocenters. The van der Waals surface area contributed by atoms with Crippen molar-refractivity contribution in [2.45, 2.75) is 70.2 Å². The van der Waals surface area contributed by atoms with Crippen molar-refractivity contribution in [3.05, 3.63) is 41.8 Å². The Hall–Kier alpha value is -3.45. The van der Waals surface area contributed by atoms with Crippen LogP contribution >= 0.6 is 11.6 Å². The molecule has 12 nitrogen and oxygen atoms in total. The number of aliphatic imine (C=N–C) groups is 1. The average Bonchev–Trinajstić information content (AvgIpc) is 3.43. The molecule has 1 aromatic carbocycles. The highest BCUT2D eigenvalue weighted by atomic mass is 35.5. The molecule has 4 N–H and O–H groups in total. The Morgan fingerprint density at radius 3 is 2.55 bits per heavy atom. The third-order valence-electron chi connectivity index (χ3n) is 7.82. The van der Waals surface area contributed by atoms with Gasteiger partial charge in [0.05, 0.1) is 49.0 Å². The molecule has 1 saturated carbocycles. The molecule has 0 bridgehead atoms. The summed E-state index contributed by atoms with van der Waals surface area (Å²) in [6, 6.07) is 6.40. The van der Waals surface area contributed by atoms with Crippen LogP contribution in [0.2, 0.25) is 5.02 Å². The Balaban J connectivity index is 1.28. The van der Waals surface area contributed by atoms with Crippen molar-refractivity contribution in [2.75, 3.05) is 44.8 Å². The highest BCUT2D eigenvalue weighted by molar-refractivity contribution is 6.32. The molecule has 3 heterocycles. The standard InChI is InChI=1S/C31H43ClN8O4/c1-21(15-34-20-33)44-28-14-22(4-9-26(28)32)23-16-35-30(36-17-23)37-27-18-40(38-29(27)43-19-31(2,3)41)25-7-5-24(6-8-25)39-10-12-42-13-11-39/h4,9,14,16-18,20-21,24-25,41H,5-8,10-13,15,19H2,1-3H3,(H2,33,34)(H,35,36,37)/t21-,24?,25?/m0/s1. The number of nitrogens with two attached hydrogens (primary N) is 1. The number of morpholine rings is 1. The van der Waals surface area contributed by atoms with Gasteiger partial charge < -0.3 is 30.4 Å². The summed E-state index contributed by atoms with van der Waals surface area (Å²) in [4.78, 5) is 15.7. The van der Waals surface area contributed by atoms with Gasteiger partial charge in [0, 0.05) is 37.1 Å². The Labute approximate surface area is 263 Å². The third kappa shape index (κ3) is 8.59.